The van der Waals surface area contributed by atoms with Crippen LogP contribution in [0.15, 0.2) is 10.5 Å². The van der Waals surface area contributed by atoms with Crippen LogP contribution in [-0.4, -0.2) is 34.5 Å². The monoisotopic (exact) mass is 296 g/mol. The molecule has 2 rings (SSSR count). The molecular weight excluding hydrogens is 268 g/mol. The summed E-state index contributed by atoms with van der Waals surface area (Å²) >= 11 is 2.08. The van der Waals surface area contributed by atoms with Gasteiger partial charge in [-0.25, -0.2) is 0 Å². The van der Waals surface area contributed by atoms with E-state index in [9.17, 15) is 0 Å². The summed E-state index contributed by atoms with van der Waals surface area (Å²) in [7, 11) is 0. The van der Waals surface area contributed by atoms with Crippen molar-refractivity contribution in [1.29, 1.82) is 0 Å². The molecule has 2 unspecified atom stereocenters. The summed E-state index contributed by atoms with van der Waals surface area (Å²) in [6, 6.07) is 3.32. The Hall–Kier alpha value is -0.450. The summed E-state index contributed by atoms with van der Waals surface area (Å²) in [6.45, 7) is 14.0. The predicted molar refractivity (Wildman–Crippen MR) is 87.2 cm³/mol. The first-order chi connectivity index (χ1) is 9.47. The van der Waals surface area contributed by atoms with Gasteiger partial charge < -0.3 is 9.73 Å². The average molecular weight is 296 g/mol. The molecule has 20 heavy (non-hydrogen) atoms. The lowest BCUT2D eigenvalue weighted by Gasteiger charge is -2.36. The molecule has 0 radical (unpaired) electrons. The Morgan fingerprint density at radius 2 is 2.20 bits per heavy atom. The molecule has 1 aromatic rings. The quantitative estimate of drug-likeness (QED) is 0.901. The fourth-order valence-corrected chi connectivity index (χ4v) is 3.72. The summed E-state index contributed by atoms with van der Waals surface area (Å²) in [5.41, 5.74) is 1.26. The van der Waals surface area contributed by atoms with Crippen molar-refractivity contribution in [3.05, 3.63) is 23.2 Å². The van der Waals surface area contributed by atoms with Crippen LogP contribution in [0.2, 0.25) is 0 Å². The Morgan fingerprint density at radius 1 is 1.45 bits per heavy atom. The van der Waals surface area contributed by atoms with Crippen molar-refractivity contribution in [1.82, 2.24) is 10.2 Å². The standard InChI is InChI=1S/C16H28N2OS/c1-11(2)17-9-16-12(3)8-15(19-16)10-18-6-7-20-14(5)13(18)4/h8,11,13-14,17H,6-7,9-10H2,1-5H3. The first-order valence-corrected chi connectivity index (χ1v) is 8.69. The van der Waals surface area contributed by atoms with Gasteiger partial charge in [0.15, 0.2) is 0 Å². The maximum Gasteiger partial charge on any atom is 0.120 e. The fourth-order valence-electron chi connectivity index (χ4n) is 2.56. The average Bonchev–Trinajstić information content (AvgIpc) is 2.73. The molecule has 1 N–H and O–H groups in total. The smallest absolute Gasteiger partial charge is 0.120 e. The Morgan fingerprint density at radius 3 is 2.90 bits per heavy atom. The zero-order valence-corrected chi connectivity index (χ0v) is 14.2. The van der Waals surface area contributed by atoms with Gasteiger partial charge in [-0.15, -0.1) is 0 Å². The van der Waals surface area contributed by atoms with E-state index in [0.29, 0.717) is 17.3 Å². The molecule has 0 amide bonds. The third-order valence-corrected chi connectivity index (χ3v) is 5.45. The van der Waals surface area contributed by atoms with Gasteiger partial charge in [0, 0.05) is 29.6 Å². The minimum Gasteiger partial charge on any atom is -0.463 e. The summed E-state index contributed by atoms with van der Waals surface area (Å²) in [6.07, 6.45) is 0. The molecule has 114 valence electrons. The maximum absolute atomic E-state index is 6.04. The molecule has 2 atom stereocenters. The first-order valence-electron chi connectivity index (χ1n) is 7.64. The molecule has 0 saturated carbocycles. The Balaban J connectivity index is 1.97. The summed E-state index contributed by atoms with van der Waals surface area (Å²) in [5.74, 6) is 3.42. The number of aryl methyl sites for hydroxylation is 1. The summed E-state index contributed by atoms with van der Waals surface area (Å²) in [5, 5.41) is 4.13. The van der Waals surface area contributed by atoms with Crippen LogP contribution in [0.3, 0.4) is 0 Å². The Labute approximate surface area is 127 Å². The molecule has 1 saturated heterocycles. The highest BCUT2D eigenvalue weighted by atomic mass is 32.2. The van der Waals surface area contributed by atoms with Gasteiger partial charge >= 0.3 is 0 Å². The number of hydrogen-bond donors (Lipinski definition) is 1. The third kappa shape index (κ3) is 4.03. The molecule has 1 aliphatic heterocycles. The SMILES string of the molecule is Cc1cc(CN2CCSC(C)C2C)oc1CNC(C)C. The second-order valence-corrected chi connectivity index (χ2v) is 7.63. The van der Waals surface area contributed by atoms with Crippen LogP contribution in [0.5, 0.6) is 0 Å². The lowest BCUT2D eigenvalue weighted by Crippen LogP contribution is -2.43. The zero-order chi connectivity index (χ0) is 14.7. The highest BCUT2D eigenvalue weighted by Crippen LogP contribution is 2.26. The van der Waals surface area contributed by atoms with Crippen molar-refractivity contribution < 1.29 is 4.42 Å². The van der Waals surface area contributed by atoms with Crippen molar-refractivity contribution in [2.45, 2.75) is 65.0 Å². The highest BCUT2D eigenvalue weighted by molar-refractivity contribution is 8.00. The Kier molecular flexibility index (Phi) is 5.58. The van der Waals surface area contributed by atoms with Gasteiger partial charge in [0.1, 0.15) is 11.5 Å². The van der Waals surface area contributed by atoms with E-state index in [1.807, 2.05) is 0 Å². The number of thioether (sulfide) groups is 1. The number of nitrogens with zero attached hydrogens (tertiary/aromatic N) is 1. The van der Waals surface area contributed by atoms with E-state index in [2.05, 4.69) is 62.7 Å². The van der Waals surface area contributed by atoms with Gasteiger partial charge in [-0.05, 0) is 25.5 Å². The molecule has 0 aliphatic carbocycles. The Bertz CT molecular complexity index is 430. The van der Waals surface area contributed by atoms with E-state index in [1.54, 1.807) is 0 Å². The molecule has 0 bridgehead atoms. The lowest BCUT2D eigenvalue weighted by atomic mass is 10.2. The molecule has 0 spiro atoms. The molecule has 3 nitrogen and oxygen atoms in total. The largest absolute Gasteiger partial charge is 0.463 e. The van der Waals surface area contributed by atoms with Crippen LogP contribution in [0.25, 0.3) is 0 Å². The number of furan rings is 1. The maximum atomic E-state index is 6.04. The lowest BCUT2D eigenvalue weighted by molar-refractivity contribution is 0.187. The molecule has 1 aromatic heterocycles. The topological polar surface area (TPSA) is 28.4 Å². The third-order valence-electron chi connectivity index (χ3n) is 4.12. The van der Waals surface area contributed by atoms with Crippen LogP contribution in [0, 0.1) is 6.92 Å². The molecule has 4 heteroatoms. The molecule has 2 heterocycles. The summed E-state index contributed by atoms with van der Waals surface area (Å²) in [4.78, 5) is 2.54. The highest BCUT2D eigenvalue weighted by Gasteiger charge is 2.26. The number of rotatable bonds is 5. The first kappa shape index (κ1) is 15.9. The van der Waals surface area contributed by atoms with Crippen molar-refractivity contribution >= 4 is 11.8 Å². The van der Waals surface area contributed by atoms with Crippen LogP contribution in [-0.2, 0) is 13.1 Å². The van der Waals surface area contributed by atoms with Crippen LogP contribution in [0.4, 0.5) is 0 Å². The van der Waals surface area contributed by atoms with Gasteiger partial charge in [0.05, 0.1) is 13.1 Å². The van der Waals surface area contributed by atoms with Gasteiger partial charge in [0.2, 0.25) is 0 Å². The van der Waals surface area contributed by atoms with Crippen LogP contribution < -0.4 is 5.32 Å². The fraction of sp³-hybridized carbons (Fsp3) is 0.750. The minimum absolute atomic E-state index is 0.489. The van der Waals surface area contributed by atoms with E-state index in [0.717, 1.165) is 31.2 Å². The summed E-state index contributed by atoms with van der Waals surface area (Å²) < 4.78 is 6.04. The number of hydrogen-bond acceptors (Lipinski definition) is 4. The molecular formula is C16H28N2OS. The second-order valence-electron chi connectivity index (χ2n) is 6.14. The van der Waals surface area contributed by atoms with Crippen LogP contribution in [0.1, 0.15) is 44.8 Å². The number of nitrogens with one attached hydrogen (secondary N) is 1. The van der Waals surface area contributed by atoms with Gasteiger partial charge in [-0.3, -0.25) is 4.90 Å². The van der Waals surface area contributed by atoms with Crippen molar-refractivity contribution in [3.63, 3.8) is 0 Å². The van der Waals surface area contributed by atoms with Gasteiger partial charge in [0.25, 0.3) is 0 Å². The van der Waals surface area contributed by atoms with E-state index in [4.69, 9.17) is 4.42 Å². The van der Waals surface area contributed by atoms with E-state index in [1.165, 1.54) is 11.3 Å². The second kappa shape index (κ2) is 7.01. The van der Waals surface area contributed by atoms with Crippen molar-refractivity contribution in [2.75, 3.05) is 12.3 Å². The minimum atomic E-state index is 0.489. The van der Waals surface area contributed by atoms with E-state index in [-0.39, 0.29) is 0 Å². The zero-order valence-electron chi connectivity index (χ0n) is 13.4. The van der Waals surface area contributed by atoms with E-state index >= 15 is 0 Å². The van der Waals surface area contributed by atoms with Gasteiger partial charge in [-0.1, -0.05) is 20.8 Å². The van der Waals surface area contributed by atoms with Crippen molar-refractivity contribution in [3.8, 4) is 0 Å². The van der Waals surface area contributed by atoms with E-state index < -0.39 is 0 Å². The van der Waals surface area contributed by atoms with Gasteiger partial charge in [-0.2, -0.15) is 11.8 Å². The predicted octanol–water partition coefficient (Wildman–Crippen LogP) is 3.41. The normalized spacial score (nSPS) is 24.5. The van der Waals surface area contributed by atoms with Crippen molar-refractivity contribution in [2.24, 2.45) is 0 Å². The molecule has 1 fully saturated rings. The molecule has 1 aliphatic rings. The van der Waals surface area contributed by atoms with Crippen LogP contribution >= 0.6 is 11.8 Å². The molecule has 0 aromatic carbocycles.